The maximum absolute atomic E-state index is 13.1. The third kappa shape index (κ3) is 3.31. The summed E-state index contributed by atoms with van der Waals surface area (Å²) in [5.41, 5.74) is 5.65. The molecule has 21 heavy (non-hydrogen) atoms. The summed E-state index contributed by atoms with van der Waals surface area (Å²) in [5, 5.41) is 2.00. The number of hydrogen-bond donors (Lipinski definition) is 1. The van der Waals surface area contributed by atoms with E-state index in [1.54, 1.807) is 23.5 Å². The van der Waals surface area contributed by atoms with Gasteiger partial charge in [0, 0.05) is 11.4 Å². The van der Waals surface area contributed by atoms with Gasteiger partial charge in [0.25, 0.3) is 0 Å². The summed E-state index contributed by atoms with van der Waals surface area (Å²) in [5.74, 6) is -0.721. The largest absolute Gasteiger partial charge is 0.468 e. The molecule has 0 saturated carbocycles. The lowest BCUT2D eigenvalue weighted by atomic mass is 9.76. The Morgan fingerprint density at radius 2 is 2.05 bits per heavy atom. The second kappa shape index (κ2) is 6.83. The molecule has 2 rings (SSSR count). The average Bonchev–Trinajstić information content (AvgIpc) is 3.02. The lowest BCUT2D eigenvalue weighted by molar-refractivity contribution is -0.147. The fraction of sp³-hybridized carbons (Fsp3) is 0.312. The van der Waals surface area contributed by atoms with Crippen LogP contribution in [0.3, 0.4) is 0 Å². The van der Waals surface area contributed by atoms with E-state index in [2.05, 4.69) is 0 Å². The van der Waals surface area contributed by atoms with Crippen molar-refractivity contribution in [2.75, 3.05) is 13.7 Å². The van der Waals surface area contributed by atoms with Gasteiger partial charge in [-0.05, 0) is 42.0 Å². The van der Waals surface area contributed by atoms with E-state index in [-0.39, 0.29) is 18.3 Å². The van der Waals surface area contributed by atoms with Crippen molar-refractivity contribution in [2.45, 2.75) is 18.3 Å². The maximum atomic E-state index is 13.1. The molecule has 0 aliphatic carbocycles. The van der Waals surface area contributed by atoms with Crippen molar-refractivity contribution in [3.05, 3.63) is 58.0 Å². The lowest BCUT2D eigenvalue weighted by Gasteiger charge is -2.30. The smallest absolute Gasteiger partial charge is 0.317 e. The minimum Gasteiger partial charge on any atom is -0.468 e. The van der Waals surface area contributed by atoms with E-state index in [4.69, 9.17) is 10.5 Å². The SMILES string of the molecule is COC(=O)C(CN)(CCc1cccs1)c1ccc(F)cc1. The topological polar surface area (TPSA) is 52.3 Å². The van der Waals surface area contributed by atoms with E-state index in [0.717, 1.165) is 6.42 Å². The Hall–Kier alpha value is -1.72. The number of ether oxygens (including phenoxy) is 1. The highest BCUT2D eigenvalue weighted by atomic mass is 32.1. The first-order valence-corrected chi connectivity index (χ1v) is 7.57. The summed E-state index contributed by atoms with van der Waals surface area (Å²) in [6, 6.07) is 9.89. The van der Waals surface area contributed by atoms with E-state index in [9.17, 15) is 9.18 Å². The predicted octanol–water partition coefficient (Wildman–Crippen LogP) is 2.89. The van der Waals surface area contributed by atoms with Gasteiger partial charge in [0.05, 0.1) is 7.11 Å². The Bertz CT molecular complexity index is 583. The summed E-state index contributed by atoms with van der Waals surface area (Å²) >= 11 is 1.64. The van der Waals surface area contributed by atoms with Gasteiger partial charge in [-0.3, -0.25) is 4.79 Å². The maximum Gasteiger partial charge on any atom is 0.317 e. The highest BCUT2D eigenvalue weighted by Crippen LogP contribution is 2.31. The number of carbonyl (C=O) groups excluding carboxylic acids is 1. The minimum absolute atomic E-state index is 0.122. The molecule has 3 nitrogen and oxygen atoms in total. The van der Waals surface area contributed by atoms with E-state index in [1.807, 2.05) is 17.5 Å². The van der Waals surface area contributed by atoms with Gasteiger partial charge in [-0.15, -0.1) is 11.3 Å². The molecule has 1 aromatic heterocycles. The Morgan fingerprint density at radius 3 is 2.57 bits per heavy atom. The second-order valence-corrected chi connectivity index (χ2v) is 5.90. The third-order valence-corrected chi connectivity index (χ3v) is 4.64. The van der Waals surface area contributed by atoms with Crippen molar-refractivity contribution in [2.24, 2.45) is 5.73 Å². The summed E-state index contributed by atoms with van der Waals surface area (Å²) in [4.78, 5) is 13.5. The first-order valence-electron chi connectivity index (χ1n) is 6.69. The van der Waals surface area contributed by atoms with Crippen LogP contribution in [-0.4, -0.2) is 19.6 Å². The van der Waals surface area contributed by atoms with Crippen molar-refractivity contribution in [3.63, 3.8) is 0 Å². The normalized spacial score (nSPS) is 13.7. The molecular weight excluding hydrogens is 289 g/mol. The van der Waals surface area contributed by atoms with Gasteiger partial charge >= 0.3 is 5.97 Å². The molecule has 1 heterocycles. The van der Waals surface area contributed by atoms with Gasteiger partial charge in [0.1, 0.15) is 11.2 Å². The molecule has 1 aromatic carbocycles. The quantitative estimate of drug-likeness (QED) is 0.835. The van der Waals surface area contributed by atoms with Crippen molar-refractivity contribution in [1.82, 2.24) is 0 Å². The van der Waals surface area contributed by atoms with Crippen LogP contribution in [0.1, 0.15) is 16.9 Å². The van der Waals surface area contributed by atoms with Crippen LogP contribution in [-0.2, 0) is 21.4 Å². The number of benzene rings is 1. The number of hydrogen-bond acceptors (Lipinski definition) is 4. The van der Waals surface area contributed by atoms with Crippen LogP contribution >= 0.6 is 11.3 Å². The van der Waals surface area contributed by atoms with Crippen molar-refractivity contribution in [3.8, 4) is 0 Å². The lowest BCUT2D eigenvalue weighted by Crippen LogP contribution is -2.44. The standard InChI is InChI=1S/C16H18FNO2S/c1-20-15(19)16(11-18,9-8-14-3-2-10-21-14)12-4-6-13(17)7-5-12/h2-7,10H,8-9,11,18H2,1H3. The minimum atomic E-state index is -0.938. The molecular formula is C16H18FNO2S. The van der Waals surface area contributed by atoms with Crippen molar-refractivity contribution in [1.29, 1.82) is 0 Å². The number of thiophene rings is 1. The molecule has 0 amide bonds. The zero-order chi connectivity index (χ0) is 15.3. The molecule has 112 valence electrons. The Balaban J connectivity index is 2.32. The Morgan fingerprint density at radius 1 is 1.33 bits per heavy atom. The zero-order valence-corrected chi connectivity index (χ0v) is 12.7. The number of aryl methyl sites for hydroxylation is 1. The number of esters is 1. The number of rotatable bonds is 6. The van der Waals surface area contributed by atoms with E-state index in [0.29, 0.717) is 12.0 Å². The van der Waals surface area contributed by atoms with Crippen LogP contribution in [0, 0.1) is 5.82 Å². The van der Waals surface area contributed by atoms with Gasteiger partial charge in [-0.25, -0.2) is 4.39 Å². The molecule has 0 radical (unpaired) electrons. The Labute approximate surface area is 127 Å². The van der Waals surface area contributed by atoms with Crippen LogP contribution < -0.4 is 5.73 Å². The highest BCUT2D eigenvalue weighted by Gasteiger charge is 2.39. The average molecular weight is 307 g/mol. The monoisotopic (exact) mass is 307 g/mol. The fourth-order valence-electron chi connectivity index (χ4n) is 2.42. The summed E-state index contributed by atoms with van der Waals surface area (Å²) in [6.45, 7) is 0.122. The van der Waals surface area contributed by atoms with Crippen molar-refractivity contribution >= 4 is 17.3 Å². The fourth-order valence-corrected chi connectivity index (χ4v) is 3.13. The number of nitrogens with two attached hydrogens (primary N) is 1. The molecule has 1 unspecified atom stereocenters. The van der Waals surface area contributed by atoms with Crippen LogP contribution in [0.25, 0.3) is 0 Å². The Kier molecular flexibility index (Phi) is 5.09. The first-order chi connectivity index (χ1) is 10.1. The predicted molar refractivity (Wildman–Crippen MR) is 81.8 cm³/mol. The molecule has 0 fully saturated rings. The molecule has 0 bridgehead atoms. The molecule has 5 heteroatoms. The number of carbonyl (C=O) groups is 1. The molecule has 0 aliphatic rings. The number of halogens is 1. The van der Waals surface area contributed by atoms with Crippen LogP contribution in [0.5, 0.6) is 0 Å². The van der Waals surface area contributed by atoms with Gasteiger partial charge < -0.3 is 10.5 Å². The van der Waals surface area contributed by atoms with Gasteiger partial charge in [0.2, 0.25) is 0 Å². The zero-order valence-electron chi connectivity index (χ0n) is 11.8. The van der Waals surface area contributed by atoms with Gasteiger partial charge in [-0.2, -0.15) is 0 Å². The van der Waals surface area contributed by atoms with E-state index < -0.39 is 5.41 Å². The highest BCUT2D eigenvalue weighted by molar-refractivity contribution is 7.09. The summed E-state index contributed by atoms with van der Waals surface area (Å²) < 4.78 is 18.1. The molecule has 2 N–H and O–H groups in total. The molecule has 0 aliphatic heterocycles. The molecule has 0 spiro atoms. The van der Waals surface area contributed by atoms with Crippen LogP contribution in [0.4, 0.5) is 4.39 Å². The second-order valence-electron chi connectivity index (χ2n) is 4.86. The van der Waals surface area contributed by atoms with Gasteiger partial charge in [0.15, 0.2) is 0 Å². The van der Waals surface area contributed by atoms with E-state index >= 15 is 0 Å². The summed E-state index contributed by atoms with van der Waals surface area (Å²) in [6.07, 6.45) is 1.25. The first kappa shape index (κ1) is 15.7. The van der Waals surface area contributed by atoms with E-state index in [1.165, 1.54) is 24.1 Å². The van der Waals surface area contributed by atoms with Gasteiger partial charge in [-0.1, -0.05) is 18.2 Å². The van der Waals surface area contributed by atoms with Crippen molar-refractivity contribution < 1.29 is 13.9 Å². The number of methoxy groups -OCH3 is 1. The summed E-state index contributed by atoms with van der Waals surface area (Å²) in [7, 11) is 1.35. The molecule has 1 atom stereocenters. The molecule has 2 aromatic rings. The van der Waals surface area contributed by atoms with Crippen LogP contribution in [0.15, 0.2) is 41.8 Å². The third-order valence-electron chi connectivity index (χ3n) is 3.70. The molecule has 0 saturated heterocycles. The van der Waals surface area contributed by atoms with Crippen LogP contribution in [0.2, 0.25) is 0 Å².